The molecule has 2 amide bonds. The molecule has 0 aliphatic carbocycles. The van der Waals surface area contributed by atoms with E-state index in [4.69, 9.17) is 9.72 Å². The van der Waals surface area contributed by atoms with Crippen LogP contribution in [0.5, 0.6) is 5.75 Å². The summed E-state index contributed by atoms with van der Waals surface area (Å²) in [5.74, 6) is 1.09. The van der Waals surface area contributed by atoms with Gasteiger partial charge in [-0.15, -0.1) is 0 Å². The molecule has 0 aliphatic rings. The molecule has 186 valence electrons. The molecule has 1 atom stereocenters. The molecular formula is C29H32N4O3. The van der Waals surface area contributed by atoms with Gasteiger partial charge in [0.05, 0.1) is 35.4 Å². The van der Waals surface area contributed by atoms with Crippen molar-refractivity contribution in [3.05, 3.63) is 94.5 Å². The highest BCUT2D eigenvalue weighted by Gasteiger charge is 2.27. The first kappa shape index (κ1) is 25.0. The number of rotatable bonds is 8. The average Bonchev–Trinajstić information content (AvgIpc) is 2.89. The molecule has 1 unspecified atom stereocenters. The number of hydrogen-bond donors (Lipinski definition) is 1. The molecule has 7 heteroatoms. The Hall–Kier alpha value is -4.13. The third-order valence-electron chi connectivity index (χ3n) is 6.26. The van der Waals surface area contributed by atoms with E-state index in [2.05, 4.69) is 12.2 Å². The van der Waals surface area contributed by atoms with Gasteiger partial charge in [0.1, 0.15) is 11.6 Å². The Kier molecular flexibility index (Phi) is 7.68. The predicted octanol–water partition coefficient (Wildman–Crippen LogP) is 6.10. The van der Waals surface area contributed by atoms with E-state index in [9.17, 15) is 9.59 Å². The molecule has 4 rings (SSSR count). The Morgan fingerprint density at radius 3 is 2.58 bits per heavy atom. The topological polar surface area (TPSA) is 76.5 Å². The number of ether oxygens (including phenoxy) is 1. The number of benzene rings is 3. The van der Waals surface area contributed by atoms with Gasteiger partial charge >= 0.3 is 6.03 Å². The zero-order chi connectivity index (χ0) is 25.7. The third-order valence-corrected chi connectivity index (χ3v) is 6.26. The van der Waals surface area contributed by atoms with Crippen LogP contribution in [-0.4, -0.2) is 34.1 Å². The summed E-state index contributed by atoms with van der Waals surface area (Å²) in [7, 11) is 1.57. The number of carbonyl (C=O) groups is 1. The highest BCUT2D eigenvalue weighted by Crippen LogP contribution is 2.27. The highest BCUT2D eigenvalue weighted by molar-refractivity contribution is 5.91. The van der Waals surface area contributed by atoms with E-state index in [1.807, 2.05) is 68.4 Å². The lowest BCUT2D eigenvalue weighted by molar-refractivity contribution is 0.188. The summed E-state index contributed by atoms with van der Waals surface area (Å²) in [5.41, 5.74) is 2.78. The van der Waals surface area contributed by atoms with Crippen LogP contribution in [0.15, 0.2) is 77.6 Å². The number of anilines is 1. The number of para-hydroxylation sites is 3. The predicted molar refractivity (Wildman–Crippen MR) is 144 cm³/mol. The Bertz CT molecular complexity index is 1430. The largest absolute Gasteiger partial charge is 0.495 e. The lowest BCUT2D eigenvalue weighted by Crippen LogP contribution is -2.40. The van der Waals surface area contributed by atoms with Crippen LogP contribution in [0.4, 0.5) is 10.5 Å². The summed E-state index contributed by atoms with van der Waals surface area (Å²) < 4.78 is 7.05. The van der Waals surface area contributed by atoms with Gasteiger partial charge in [-0.05, 0) is 62.2 Å². The van der Waals surface area contributed by atoms with Crippen molar-refractivity contribution in [3.63, 3.8) is 0 Å². The van der Waals surface area contributed by atoms with Crippen molar-refractivity contribution in [1.82, 2.24) is 14.5 Å². The normalized spacial score (nSPS) is 11.8. The van der Waals surface area contributed by atoms with Crippen LogP contribution in [0, 0.1) is 6.92 Å². The molecule has 7 nitrogen and oxygen atoms in total. The first-order chi connectivity index (χ1) is 17.4. The quantitative estimate of drug-likeness (QED) is 0.328. The minimum Gasteiger partial charge on any atom is -0.495 e. The molecule has 0 saturated carbocycles. The summed E-state index contributed by atoms with van der Waals surface area (Å²) in [6.07, 6.45) is 1.73. The number of fused-ring (bicyclic) bond motifs is 1. The maximum Gasteiger partial charge on any atom is 0.322 e. The number of unbranched alkanes of at least 4 members (excludes halogenated alkanes) is 1. The van der Waals surface area contributed by atoms with Gasteiger partial charge < -0.3 is 15.0 Å². The number of carbonyl (C=O) groups excluding carboxylic acids is 1. The first-order valence-corrected chi connectivity index (χ1v) is 12.2. The van der Waals surface area contributed by atoms with Gasteiger partial charge in [-0.25, -0.2) is 9.78 Å². The Morgan fingerprint density at radius 1 is 1.08 bits per heavy atom. The molecule has 0 radical (unpaired) electrons. The molecular weight excluding hydrogens is 452 g/mol. The molecule has 4 aromatic rings. The number of nitrogens with one attached hydrogen (secondary N) is 1. The third kappa shape index (κ3) is 5.10. The summed E-state index contributed by atoms with van der Waals surface area (Å²) in [5, 5.41) is 3.52. The molecule has 1 N–H and O–H groups in total. The van der Waals surface area contributed by atoms with Crippen LogP contribution in [-0.2, 0) is 0 Å². The smallest absolute Gasteiger partial charge is 0.322 e. The van der Waals surface area contributed by atoms with Gasteiger partial charge in [-0.1, -0.05) is 49.7 Å². The first-order valence-electron chi connectivity index (χ1n) is 12.2. The Balaban J connectivity index is 1.83. The van der Waals surface area contributed by atoms with Crippen LogP contribution in [0.1, 0.15) is 44.1 Å². The summed E-state index contributed by atoms with van der Waals surface area (Å²) >= 11 is 0. The van der Waals surface area contributed by atoms with E-state index >= 15 is 0 Å². The van der Waals surface area contributed by atoms with Gasteiger partial charge in [0.15, 0.2) is 0 Å². The second-order valence-corrected chi connectivity index (χ2v) is 8.82. The van der Waals surface area contributed by atoms with Crippen molar-refractivity contribution in [2.24, 2.45) is 0 Å². The van der Waals surface area contributed by atoms with Crippen molar-refractivity contribution >= 4 is 22.6 Å². The fourth-order valence-electron chi connectivity index (χ4n) is 4.32. The van der Waals surface area contributed by atoms with Gasteiger partial charge in [0.25, 0.3) is 5.56 Å². The van der Waals surface area contributed by atoms with E-state index in [0.29, 0.717) is 34.7 Å². The van der Waals surface area contributed by atoms with Crippen LogP contribution >= 0.6 is 0 Å². The minimum atomic E-state index is -0.482. The summed E-state index contributed by atoms with van der Waals surface area (Å²) in [4.78, 5) is 34.0. The van der Waals surface area contributed by atoms with Crippen molar-refractivity contribution in [3.8, 4) is 11.4 Å². The van der Waals surface area contributed by atoms with Crippen LogP contribution < -0.4 is 15.6 Å². The average molecular weight is 485 g/mol. The second-order valence-electron chi connectivity index (χ2n) is 8.82. The van der Waals surface area contributed by atoms with E-state index in [1.54, 1.807) is 34.8 Å². The number of urea groups is 1. The van der Waals surface area contributed by atoms with E-state index in [-0.39, 0.29) is 11.6 Å². The molecule has 1 heterocycles. The monoisotopic (exact) mass is 484 g/mol. The maximum absolute atomic E-state index is 13.7. The van der Waals surface area contributed by atoms with E-state index < -0.39 is 6.04 Å². The number of aromatic nitrogens is 2. The zero-order valence-corrected chi connectivity index (χ0v) is 21.2. The minimum absolute atomic E-state index is 0.159. The number of methoxy groups -OCH3 is 1. The van der Waals surface area contributed by atoms with Gasteiger partial charge in [0, 0.05) is 6.54 Å². The van der Waals surface area contributed by atoms with Gasteiger partial charge in [-0.2, -0.15) is 0 Å². The SMILES string of the molecule is CCCCN(C(=O)Nc1ccccc1OC)C(C)c1nc2ccccc2c(=O)n1-c1cccc(C)c1. The molecule has 36 heavy (non-hydrogen) atoms. The van der Waals surface area contributed by atoms with Crippen molar-refractivity contribution in [2.45, 2.75) is 39.7 Å². The highest BCUT2D eigenvalue weighted by atomic mass is 16.5. The second kappa shape index (κ2) is 11.1. The van der Waals surface area contributed by atoms with Crippen molar-refractivity contribution < 1.29 is 9.53 Å². The van der Waals surface area contributed by atoms with Crippen LogP contribution in [0.2, 0.25) is 0 Å². The number of nitrogens with zero attached hydrogens (tertiary/aromatic N) is 3. The Morgan fingerprint density at radius 2 is 1.83 bits per heavy atom. The lowest BCUT2D eigenvalue weighted by atomic mass is 10.1. The van der Waals surface area contributed by atoms with Crippen molar-refractivity contribution in [1.29, 1.82) is 0 Å². The van der Waals surface area contributed by atoms with E-state index in [1.165, 1.54) is 0 Å². The Labute approximate surface area is 211 Å². The van der Waals surface area contributed by atoms with Gasteiger partial charge in [-0.3, -0.25) is 9.36 Å². The van der Waals surface area contributed by atoms with E-state index in [0.717, 1.165) is 24.1 Å². The van der Waals surface area contributed by atoms with Crippen LogP contribution in [0.3, 0.4) is 0 Å². The molecule has 0 fully saturated rings. The molecule has 0 saturated heterocycles. The number of amides is 2. The fourth-order valence-corrected chi connectivity index (χ4v) is 4.32. The summed E-state index contributed by atoms with van der Waals surface area (Å²) in [6, 6.07) is 21.6. The van der Waals surface area contributed by atoms with Crippen LogP contribution in [0.25, 0.3) is 16.6 Å². The standard InChI is InChI=1S/C29H32N4O3/c1-5-6-18-32(29(35)31-25-16-9-10-17-26(25)36-4)21(3)27-30-24-15-8-7-14-23(24)28(34)33(27)22-13-11-12-20(2)19-22/h7-17,19,21H,5-6,18H2,1-4H3,(H,31,35). The fraction of sp³-hybridized carbons (Fsp3) is 0.276. The summed E-state index contributed by atoms with van der Waals surface area (Å²) in [6.45, 7) is 6.49. The van der Waals surface area contributed by atoms with Crippen molar-refractivity contribution in [2.75, 3.05) is 19.0 Å². The maximum atomic E-state index is 13.7. The lowest BCUT2D eigenvalue weighted by Gasteiger charge is -2.31. The number of aryl methyl sites for hydroxylation is 1. The molecule has 1 aromatic heterocycles. The molecule has 0 bridgehead atoms. The zero-order valence-electron chi connectivity index (χ0n) is 21.2. The number of hydrogen-bond acceptors (Lipinski definition) is 4. The molecule has 0 aliphatic heterocycles. The molecule has 3 aromatic carbocycles. The van der Waals surface area contributed by atoms with Gasteiger partial charge in [0.2, 0.25) is 0 Å². The molecule has 0 spiro atoms.